The van der Waals surface area contributed by atoms with Crippen molar-refractivity contribution in [2.75, 3.05) is 29.4 Å². The Hall–Kier alpha value is -2.57. The number of halogens is 2. The van der Waals surface area contributed by atoms with Crippen molar-refractivity contribution in [3.05, 3.63) is 47.9 Å². The Morgan fingerprint density at radius 1 is 1.13 bits per heavy atom. The number of amides is 1. The van der Waals surface area contributed by atoms with Crippen LogP contribution in [0.15, 0.2) is 36.7 Å². The van der Waals surface area contributed by atoms with Gasteiger partial charge in [-0.1, -0.05) is 17.7 Å². The zero-order valence-corrected chi connectivity index (χ0v) is 12.6. The maximum atomic E-state index is 12.7. The van der Waals surface area contributed by atoms with Crippen molar-refractivity contribution in [2.45, 2.75) is 13.3 Å². The monoisotopic (exact) mass is 318 g/mol. The van der Waals surface area contributed by atoms with E-state index in [4.69, 9.17) is 0 Å². The molecule has 1 fully saturated rings. The lowest BCUT2D eigenvalue weighted by molar-refractivity contribution is -0.117. The molecule has 0 N–H and O–H groups in total. The van der Waals surface area contributed by atoms with Crippen LogP contribution in [0, 0.1) is 6.92 Å². The molecule has 0 unspecified atom stereocenters. The fraction of sp³-hybridized carbons (Fsp3) is 0.312. The molecule has 0 aliphatic carbocycles. The van der Waals surface area contributed by atoms with E-state index in [0.29, 0.717) is 18.9 Å². The summed E-state index contributed by atoms with van der Waals surface area (Å²) in [6, 6.07) is 8.95. The Kier molecular flexibility index (Phi) is 4.18. The highest BCUT2D eigenvalue weighted by Crippen LogP contribution is 2.23. The number of hydrogen-bond acceptors (Lipinski definition) is 4. The van der Waals surface area contributed by atoms with Gasteiger partial charge in [-0.3, -0.25) is 4.79 Å². The van der Waals surface area contributed by atoms with Gasteiger partial charge < -0.3 is 9.80 Å². The van der Waals surface area contributed by atoms with E-state index in [-0.39, 0.29) is 18.1 Å². The molecule has 120 valence electrons. The van der Waals surface area contributed by atoms with Crippen LogP contribution in [0.1, 0.15) is 17.7 Å². The minimum atomic E-state index is -2.65. The lowest BCUT2D eigenvalue weighted by atomic mass is 10.2. The summed E-state index contributed by atoms with van der Waals surface area (Å²) in [7, 11) is 0. The highest BCUT2D eigenvalue weighted by Gasteiger charge is 2.26. The van der Waals surface area contributed by atoms with Gasteiger partial charge in [0.2, 0.25) is 5.91 Å². The van der Waals surface area contributed by atoms with E-state index in [1.165, 1.54) is 6.07 Å². The maximum absolute atomic E-state index is 12.7. The summed E-state index contributed by atoms with van der Waals surface area (Å²) in [5.74, 6) is 0.268. The van der Waals surface area contributed by atoms with Crippen molar-refractivity contribution in [2.24, 2.45) is 0 Å². The number of benzene rings is 1. The molecule has 0 radical (unpaired) electrons. The number of aryl methyl sites for hydroxylation is 1. The van der Waals surface area contributed by atoms with E-state index in [1.54, 1.807) is 9.80 Å². The van der Waals surface area contributed by atoms with Gasteiger partial charge in [-0.05, 0) is 19.1 Å². The Morgan fingerprint density at radius 3 is 2.52 bits per heavy atom. The van der Waals surface area contributed by atoms with Crippen LogP contribution in [0.25, 0.3) is 0 Å². The van der Waals surface area contributed by atoms with Crippen LogP contribution in [0.4, 0.5) is 20.3 Å². The fourth-order valence-corrected chi connectivity index (χ4v) is 2.52. The summed E-state index contributed by atoms with van der Waals surface area (Å²) in [4.78, 5) is 23.3. The first-order valence-electron chi connectivity index (χ1n) is 7.26. The zero-order chi connectivity index (χ0) is 16.4. The first kappa shape index (κ1) is 15.3. The molecule has 1 aromatic heterocycles. The number of aromatic nitrogens is 2. The van der Waals surface area contributed by atoms with Gasteiger partial charge in [0.15, 0.2) is 0 Å². The van der Waals surface area contributed by atoms with E-state index in [9.17, 15) is 13.6 Å². The third-order valence-corrected chi connectivity index (χ3v) is 3.79. The molecular formula is C16H16F2N4O. The van der Waals surface area contributed by atoms with Crippen LogP contribution in [0.3, 0.4) is 0 Å². The van der Waals surface area contributed by atoms with Gasteiger partial charge in [0, 0.05) is 24.8 Å². The number of hydrogen-bond donors (Lipinski definition) is 0. The minimum absolute atomic E-state index is 0.0858. The average Bonchev–Trinajstić information content (AvgIpc) is 2.56. The number of piperazine rings is 1. The van der Waals surface area contributed by atoms with Crippen molar-refractivity contribution in [1.82, 2.24) is 9.97 Å². The Morgan fingerprint density at radius 2 is 1.87 bits per heavy atom. The van der Waals surface area contributed by atoms with Gasteiger partial charge in [0.25, 0.3) is 6.43 Å². The quantitative estimate of drug-likeness (QED) is 0.873. The molecule has 7 heteroatoms. The Labute approximate surface area is 132 Å². The van der Waals surface area contributed by atoms with Crippen LogP contribution in [0.2, 0.25) is 0 Å². The van der Waals surface area contributed by atoms with E-state index in [2.05, 4.69) is 9.97 Å². The summed E-state index contributed by atoms with van der Waals surface area (Å²) >= 11 is 0. The molecule has 1 aromatic carbocycles. The second-order valence-electron chi connectivity index (χ2n) is 5.40. The van der Waals surface area contributed by atoms with Crippen molar-refractivity contribution < 1.29 is 13.6 Å². The molecule has 1 aliphatic rings. The van der Waals surface area contributed by atoms with Crippen LogP contribution >= 0.6 is 0 Å². The molecule has 0 atom stereocenters. The molecular weight excluding hydrogens is 302 g/mol. The highest BCUT2D eigenvalue weighted by atomic mass is 19.3. The molecule has 2 aromatic rings. The van der Waals surface area contributed by atoms with Gasteiger partial charge in [-0.15, -0.1) is 0 Å². The molecule has 0 spiro atoms. The lowest BCUT2D eigenvalue weighted by Gasteiger charge is -2.35. The Balaban J connectivity index is 1.74. The number of nitrogens with zero attached hydrogens (tertiary/aromatic N) is 4. The van der Waals surface area contributed by atoms with Crippen molar-refractivity contribution in [1.29, 1.82) is 0 Å². The highest BCUT2D eigenvalue weighted by molar-refractivity contribution is 5.97. The average molecular weight is 318 g/mol. The van der Waals surface area contributed by atoms with Gasteiger partial charge in [0.1, 0.15) is 17.8 Å². The lowest BCUT2D eigenvalue weighted by Crippen LogP contribution is -2.51. The number of carbonyl (C=O) groups excluding carboxylic acids is 1. The largest absolute Gasteiger partial charge is 0.345 e. The minimum Gasteiger partial charge on any atom is -0.345 e. The standard InChI is InChI=1S/C16H16F2N4O/c1-11-2-4-12(5-3-11)22-7-6-21(9-15(22)23)14-8-13(16(17)18)19-10-20-14/h2-5,8,10,16H,6-7,9H2,1H3. The van der Waals surface area contributed by atoms with E-state index < -0.39 is 6.43 Å². The van der Waals surface area contributed by atoms with Crippen molar-refractivity contribution >= 4 is 17.4 Å². The summed E-state index contributed by atoms with van der Waals surface area (Å²) in [5, 5.41) is 0. The number of alkyl halides is 2. The molecule has 0 bridgehead atoms. The normalized spacial score (nSPS) is 15.4. The van der Waals surface area contributed by atoms with E-state index >= 15 is 0 Å². The van der Waals surface area contributed by atoms with Crippen LogP contribution in [-0.2, 0) is 4.79 Å². The Bertz CT molecular complexity index is 705. The fourth-order valence-electron chi connectivity index (χ4n) is 2.52. The van der Waals surface area contributed by atoms with Crippen LogP contribution < -0.4 is 9.80 Å². The predicted molar refractivity (Wildman–Crippen MR) is 82.7 cm³/mol. The SMILES string of the molecule is Cc1ccc(N2CCN(c3cc(C(F)F)ncn3)CC2=O)cc1. The molecule has 3 rings (SSSR count). The molecule has 1 amide bonds. The van der Waals surface area contributed by atoms with Gasteiger partial charge in [0.05, 0.1) is 6.54 Å². The smallest absolute Gasteiger partial charge is 0.280 e. The predicted octanol–water partition coefficient (Wildman–Crippen LogP) is 2.58. The summed E-state index contributed by atoms with van der Waals surface area (Å²) in [5.41, 5.74) is 1.64. The maximum Gasteiger partial charge on any atom is 0.280 e. The molecule has 0 saturated carbocycles. The number of rotatable bonds is 3. The van der Waals surface area contributed by atoms with Gasteiger partial charge >= 0.3 is 0 Å². The second-order valence-corrected chi connectivity index (χ2v) is 5.40. The van der Waals surface area contributed by atoms with Crippen LogP contribution in [0.5, 0.6) is 0 Å². The third kappa shape index (κ3) is 3.28. The van der Waals surface area contributed by atoms with Crippen molar-refractivity contribution in [3.63, 3.8) is 0 Å². The topological polar surface area (TPSA) is 49.3 Å². The van der Waals surface area contributed by atoms with Crippen LogP contribution in [-0.4, -0.2) is 35.5 Å². The zero-order valence-electron chi connectivity index (χ0n) is 12.6. The molecule has 23 heavy (non-hydrogen) atoms. The molecule has 5 nitrogen and oxygen atoms in total. The van der Waals surface area contributed by atoms with E-state index in [1.807, 2.05) is 31.2 Å². The number of anilines is 2. The first-order valence-corrected chi connectivity index (χ1v) is 7.26. The van der Waals surface area contributed by atoms with Crippen molar-refractivity contribution in [3.8, 4) is 0 Å². The second kappa shape index (κ2) is 6.28. The third-order valence-electron chi connectivity index (χ3n) is 3.79. The van der Waals surface area contributed by atoms with Gasteiger partial charge in [-0.25, -0.2) is 18.7 Å². The molecule has 1 saturated heterocycles. The molecule has 2 heterocycles. The first-order chi connectivity index (χ1) is 11.0. The summed E-state index contributed by atoms with van der Waals surface area (Å²) in [6.07, 6.45) is -1.55. The summed E-state index contributed by atoms with van der Waals surface area (Å²) in [6.45, 7) is 3.10. The van der Waals surface area contributed by atoms with Gasteiger partial charge in [-0.2, -0.15) is 0 Å². The van der Waals surface area contributed by atoms with E-state index in [0.717, 1.165) is 17.6 Å². The molecule has 1 aliphatic heterocycles. The summed E-state index contributed by atoms with van der Waals surface area (Å²) < 4.78 is 25.4. The number of carbonyl (C=O) groups is 1.